The molecule has 1 aromatic rings. The zero-order chi connectivity index (χ0) is 12.5. The van der Waals surface area contributed by atoms with E-state index in [1.54, 1.807) is 0 Å². The standard InChI is InChI=1S/C14H19N3O/c1-10-5-8-17(9-10)14(18)11-3-2-4-12-13(11)16-7-6-15-12/h2-4,10,15-16H,5-9H2,1H3. The highest BCUT2D eigenvalue weighted by molar-refractivity contribution is 6.02. The first kappa shape index (κ1) is 11.4. The van der Waals surface area contributed by atoms with E-state index < -0.39 is 0 Å². The number of likely N-dealkylation sites (tertiary alicyclic amines) is 1. The largest absolute Gasteiger partial charge is 0.382 e. The van der Waals surface area contributed by atoms with Crippen LogP contribution in [0.1, 0.15) is 23.7 Å². The predicted molar refractivity (Wildman–Crippen MR) is 73.1 cm³/mol. The molecule has 1 unspecified atom stereocenters. The zero-order valence-electron chi connectivity index (χ0n) is 10.7. The molecule has 1 saturated heterocycles. The second kappa shape index (κ2) is 4.52. The fourth-order valence-electron chi connectivity index (χ4n) is 2.74. The van der Waals surface area contributed by atoms with Crippen molar-refractivity contribution >= 4 is 17.3 Å². The van der Waals surface area contributed by atoms with Crippen molar-refractivity contribution < 1.29 is 4.79 Å². The Hall–Kier alpha value is -1.71. The maximum atomic E-state index is 12.5. The first-order valence-electron chi connectivity index (χ1n) is 6.66. The lowest BCUT2D eigenvalue weighted by Gasteiger charge is -2.24. The zero-order valence-corrected chi connectivity index (χ0v) is 10.7. The summed E-state index contributed by atoms with van der Waals surface area (Å²) in [6.07, 6.45) is 1.12. The quantitative estimate of drug-likeness (QED) is 0.795. The number of amides is 1. The van der Waals surface area contributed by atoms with Gasteiger partial charge < -0.3 is 15.5 Å². The Morgan fingerprint density at radius 1 is 1.33 bits per heavy atom. The number of fused-ring (bicyclic) bond motifs is 1. The summed E-state index contributed by atoms with van der Waals surface area (Å²) in [5.41, 5.74) is 2.81. The molecule has 18 heavy (non-hydrogen) atoms. The Bertz CT molecular complexity index is 472. The number of hydrogen-bond acceptors (Lipinski definition) is 3. The van der Waals surface area contributed by atoms with E-state index in [0.29, 0.717) is 5.92 Å². The van der Waals surface area contributed by atoms with Gasteiger partial charge in [0.15, 0.2) is 0 Å². The summed E-state index contributed by atoms with van der Waals surface area (Å²) in [5.74, 6) is 0.784. The number of anilines is 2. The molecule has 1 fully saturated rings. The molecule has 4 nitrogen and oxygen atoms in total. The first-order chi connectivity index (χ1) is 8.75. The highest BCUT2D eigenvalue weighted by Gasteiger charge is 2.26. The van der Waals surface area contributed by atoms with E-state index in [4.69, 9.17) is 0 Å². The molecular weight excluding hydrogens is 226 g/mol. The van der Waals surface area contributed by atoms with E-state index in [0.717, 1.165) is 49.5 Å². The molecule has 2 aliphatic rings. The molecule has 2 heterocycles. The van der Waals surface area contributed by atoms with Crippen LogP contribution in [-0.4, -0.2) is 37.0 Å². The molecule has 2 aliphatic heterocycles. The molecule has 1 amide bonds. The summed E-state index contributed by atoms with van der Waals surface area (Å²) < 4.78 is 0. The Balaban J connectivity index is 1.90. The third-order valence-corrected chi connectivity index (χ3v) is 3.75. The van der Waals surface area contributed by atoms with Crippen molar-refractivity contribution in [1.29, 1.82) is 0 Å². The fourth-order valence-corrected chi connectivity index (χ4v) is 2.74. The van der Waals surface area contributed by atoms with Crippen LogP contribution in [0.4, 0.5) is 11.4 Å². The molecule has 3 rings (SSSR count). The highest BCUT2D eigenvalue weighted by atomic mass is 16.2. The lowest BCUT2D eigenvalue weighted by atomic mass is 10.1. The monoisotopic (exact) mass is 245 g/mol. The minimum atomic E-state index is 0.160. The second-order valence-electron chi connectivity index (χ2n) is 5.23. The fraction of sp³-hybridized carbons (Fsp3) is 0.500. The van der Waals surface area contributed by atoms with Gasteiger partial charge >= 0.3 is 0 Å². The number of nitrogens with one attached hydrogen (secondary N) is 2. The summed E-state index contributed by atoms with van der Waals surface area (Å²) in [6, 6.07) is 5.89. The maximum absolute atomic E-state index is 12.5. The van der Waals surface area contributed by atoms with Crippen LogP contribution >= 0.6 is 0 Å². The van der Waals surface area contributed by atoms with Gasteiger partial charge in [-0.2, -0.15) is 0 Å². The number of para-hydroxylation sites is 1. The van der Waals surface area contributed by atoms with E-state index in [2.05, 4.69) is 17.6 Å². The minimum Gasteiger partial charge on any atom is -0.382 e. The molecule has 0 radical (unpaired) electrons. The van der Waals surface area contributed by atoms with Gasteiger partial charge in [0.05, 0.1) is 16.9 Å². The molecule has 2 N–H and O–H groups in total. The molecule has 0 aromatic heterocycles. The van der Waals surface area contributed by atoms with Gasteiger partial charge in [0.2, 0.25) is 0 Å². The van der Waals surface area contributed by atoms with Crippen LogP contribution < -0.4 is 10.6 Å². The van der Waals surface area contributed by atoms with Crippen LogP contribution in [0.5, 0.6) is 0 Å². The van der Waals surface area contributed by atoms with E-state index >= 15 is 0 Å². The van der Waals surface area contributed by atoms with Crippen molar-refractivity contribution in [2.45, 2.75) is 13.3 Å². The average Bonchev–Trinajstić information content (AvgIpc) is 2.84. The number of carbonyl (C=O) groups excluding carboxylic acids is 1. The number of benzene rings is 1. The molecule has 96 valence electrons. The van der Waals surface area contributed by atoms with Gasteiger partial charge in [-0.15, -0.1) is 0 Å². The first-order valence-corrected chi connectivity index (χ1v) is 6.66. The van der Waals surface area contributed by atoms with Crippen LogP contribution in [0.2, 0.25) is 0 Å². The van der Waals surface area contributed by atoms with Crippen LogP contribution in [0, 0.1) is 5.92 Å². The Morgan fingerprint density at radius 2 is 2.17 bits per heavy atom. The molecule has 0 spiro atoms. The third kappa shape index (κ3) is 1.92. The summed E-state index contributed by atoms with van der Waals surface area (Å²) in [6.45, 7) is 5.75. The van der Waals surface area contributed by atoms with Crippen molar-refractivity contribution in [3.63, 3.8) is 0 Å². The maximum Gasteiger partial charge on any atom is 0.256 e. The van der Waals surface area contributed by atoms with Gasteiger partial charge in [0, 0.05) is 26.2 Å². The van der Waals surface area contributed by atoms with Gasteiger partial charge in [0.1, 0.15) is 0 Å². The summed E-state index contributed by atoms with van der Waals surface area (Å²) in [7, 11) is 0. The summed E-state index contributed by atoms with van der Waals surface area (Å²) in [4.78, 5) is 14.5. The van der Waals surface area contributed by atoms with Crippen LogP contribution in [0.3, 0.4) is 0 Å². The molecule has 0 aliphatic carbocycles. The summed E-state index contributed by atoms with van der Waals surface area (Å²) >= 11 is 0. The summed E-state index contributed by atoms with van der Waals surface area (Å²) in [5, 5.41) is 6.66. The Labute approximate surface area is 107 Å². The average molecular weight is 245 g/mol. The van der Waals surface area contributed by atoms with Crippen molar-refractivity contribution in [3.05, 3.63) is 23.8 Å². The van der Waals surface area contributed by atoms with E-state index in [1.165, 1.54) is 0 Å². The lowest BCUT2D eigenvalue weighted by molar-refractivity contribution is 0.0789. The molecule has 0 saturated carbocycles. The van der Waals surface area contributed by atoms with Crippen molar-refractivity contribution in [3.8, 4) is 0 Å². The van der Waals surface area contributed by atoms with Crippen LogP contribution in [0.25, 0.3) is 0 Å². The lowest BCUT2D eigenvalue weighted by Crippen LogP contribution is -2.30. The molecule has 0 bridgehead atoms. The molecular formula is C14H19N3O. The van der Waals surface area contributed by atoms with Gasteiger partial charge in [0.25, 0.3) is 5.91 Å². The SMILES string of the molecule is CC1CCN(C(=O)c2cccc3c2NCCN3)C1. The highest BCUT2D eigenvalue weighted by Crippen LogP contribution is 2.30. The Kier molecular flexibility index (Phi) is 2.86. The van der Waals surface area contributed by atoms with E-state index in [1.807, 2.05) is 23.1 Å². The van der Waals surface area contributed by atoms with Gasteiger partial charge in [-0.1, -0.05) is 13.0 Å². The Morgan fingerprint density at radius 3 is 2.94 bits per heavy atom. The van der Waals surface area contributed by atoms with Gasteiger partial charge in [-0.05, 0) is 24.5 Å². The predicted octanol–water partition coefficient (Wildman–Crippen LogP) is 2.01. The minimum absolute atomic E-state index is 0.160. The van der Waals surface area contributed by atoms with Crippen molar-refractivity contribution in [2.24, 2.45) is 5.92 Å². The van der Waals surface area contributed by atoms with Gasteiger partial charge in [-0.25, -0.2) is 0 Å². The number of nitrogens with zero attached hydrogens (tertiary/aromatic N) is 1. The van der Waals surface area contributed by atoms with Crippen LogP contribution in [-0.2, 0) is 0 Å². The van der Waals surface area contributed by atoms with E-state index in [-0.39, 0.29) is 5.91 Å². The number of carbonyl (C=O) groups is 1. The smallest absolute Gasteiger partial charge is 0.256 e. The molecule has 1 aromatic carbocycles. The van der Waals surface area contributed by atoms with Gasteiger partial charge in [-0.3, -0.25) is 4.79 Å². The molecule has 4 heteroatoms. The third-order valence-electron chi connectivity index (χ3n) is 3.75. The van der Waals surface area contributed by atoms with E-state index in [9.17, 15) is 4.79 Å². The number of hydrogen-bond donors (Lipinski definition) is 2. The topological polar surface area (TPSA) is 44.4 Å². The van der Waals surface area contributed by atoms with Crippen molar-refractivity contribution in [2.75, 3.05) is 36.8 Å². The van der Waals surface area contributed by atoms with Crippen molar-refractivity contribution in [1.82, 2.24) is 4.90 Å². The normalized spacial score (nSPS) is 22.1. The van der Waals surface area contributed by atoms with Crippen LogP contribution in [0.15, 0.2) is 18.2 Å². The second-order valence-corrected chi connectivity index (χ2v) is 5.23. The number of rotatable bonds is 1. The molecule has 1 atom stereocenters.